The molecule has 0 bridgehead atoms. The Hall–Kier alpha value is -1.71. The first-order valence-corrected chi connectivity index (χ1v) is 4.20. The van der Waals surface area contributed by atoms with Gasteiger partial charge in [-0.2, -0.15) is 0 Å². The van der Waals surface area contributed by atoms with Crippen molar-refractivity contribution in [3.8, 4) is 0 Å². The van der Waals surface area contributed by atoms with Crippen LogP contribution in [0.1, 0.15) is 5.56 Å². The molecule has 0 atom stereocenters. The summed E-state index contributed by atoms with van der Waals surface area (Å²) in [5, 5.41) is 2.39. The van der Waals surface area contributed by atoms with Crippen LogP contribution in [0.15, 0.2) is 24.3 Å². The minimum absolute atomic E-state index is 0.227. The zero-order chi connectivity index (χ0) is 10.4. The van der Waals surface area contributed by atoms with Crippen LogP contribution in [0.25, 0.3) is 0 Å². The fraction of sp³-hybridized carbons (Fsp3) is 0.200. The van der Waals surface area contributed by atoms with Crippen LogP contribution < -0.4 is 5.32 Å². The van der Waals surface area contributed by atoms with Crippen LogP contribution in [0.4, 0.5) is 4.39 Å². The predicted octanol–water partition coefficient (Wildman–Crippen LogP) is 0.683. The quantitative estimate of drug-likeness (QED) is 0.567. The number of nitrogens with one attached hydrogen (secondary N) is 1. The predicted molar refractivity (Wildman–Crippen MR) is 49.2 cm³/mol. The fourth-order valence-corrected chi connectivity index (χ4v) is 1.02. The van der Waals surface area contributed by atoms with E-state index < -0.39 is 5.91 Å². The third-order valence-electron chi connectivity index (χ3n) is 1.73. The molecule has 1 aromatic rings. The number of benzene rings is 1. The average Bonchev–Trinajstić information content (AvgIpc) is 2.21. The van der Waals surface area contributed by atoms with Gasteiger partial charge in [-0.3, -0.25) is 9.59 Å². The minimum atomic E-state index is -0.632. The van der Waals surface area contributed by atoms with E-state index in [-0.39, 0.29) is 12.1 Å². The van der Waals surface area contributed by atoms with Gasteiger partial charge in [0, 0.05) is 6.54 Å². The zero-order valence-electron chi connectivity index (χ0n) is 7.50. The van der Waals surface area contributed by atoms with Gasteiger partial charge in [0.05, 0.1) is 0 Å². The molecular formula is C10H10FNO2. The van der Waals surface area contributed by atoms with Crippen molar-refractivity contribution in [2.75, 3.05) is 6.54 Å². The van der Waals surface area contributed by atoms with E-state index >= 15 is 0 Å². The van der Waals surface area contributed by atoms with Gasteiger partial charge in [-0.1, -0.05) is 12.1 Å². The van der Waals surface area contributed by atoms with E-state index in [0.717, 1.165) is 5.56 Å². The van der Waals surface area contributed by atoms with E-state index in [9.17, 15) is 14.0 Å². The molecule has 0 saturated carbocycles. The van der Waals surface area contributed by atoms with Crippen LogP contribution in [0.2, 0.25) is 0 Å². The summed E-state index contributed by atoms with van der Waals surface area (Å²) >= 11 is 0. The number of hydrogen-bond donors (Lipinski definition) is 1. The van der Waals surface area contributed by atoms with Crippen LogP contribution in [-0.4, -0.2) is 18.7 Å². The summed E-state index contributed by atoms with van der Waals surface area (Å²) in [5.74, 6) is -0.919. The molecule has 14 heavy (non-hydrogen) atoms. The van der Waals surface area contributed by atoms with Gasteiger partial charge in [0.2, 0.25) is 6.29 Å². The minimum Gasteiger partial charge on any atom is -0.349 e. The number of amides is 1. The first-order chi connectivity index (χ1) is 6.72. The molecule has 0 aromatic heterocycles. The highest BCUT2D eigenvalue weighted by molar-refractivity contribution is 6.23. The molecule has 0 radical (unpaired) electrons. The van der Waals surface area contributed by atoms with E-state index in [2.05, 4.69) is 5.32 Å². The van der Waals surface area contributed by atoms with Gasteiger partial charge in [0.15, 0.2) is 0 Å². The van der Waals surface area contributed by atoms with Gasteiger partial charge in [0.25, 0.3) is 5.91 Å². The summed E-state index contributed by atoms with van der Waals surface area (Å²) in [6.45, 7) is 0.378. The lowest BCUT2D eigenvalue weighted by Gasteiger charge is -2.01. The summed E-state index contributed by atoms with van der Waals surface area (Å²) < 4.78 is 12.5. The van der Waals surface area contributed by atoms with Crippen molar-refractivity contribution in [3.05, 3.63) is 35.6 Å². The lowest BCUT2D eigenvalue weighted by Crippen LogP contribution is -2.26. The monoisotopic (exact) mass is 195 g/mol. The van der Waals surface area contributed by atoms with Crippen molar-refractivity contribution in [1.29, 1.82) is 0 Å². The van der Waals surface area contributed by atoms with Crippen molar-refractivity contribution in [2.45, 2.75) is 6.42 Å². The molecule has 0 spiro atoms. The smallest absolute Gasteiger partial charge is 0.284 e. The molecule has 4 heteroatoms. The molecule has 0 fully saturated rings. The molecular weight excluding hydrogens is 185 g/mol. The van der Waals surface area contributed by atoms with Crippen LogP contribution in [0.5, 0.6) is 0 Å². The number of halogens is 1. The van der Waals surface area contributed by atoms with Crippen molar-refractivity contribution in [2.24, 2.45) is 0 Å². The Morgan fingerprint density at radius 3 is 2.57 bits per heavy atom. The molecule has 0 heterocycles. The van der Waals surface area contributed by atoms with E-state index in [4.69, 9.17) is 0 Å². The second-order valence-electron chi connectivity index (χ2n) is 2.79. The van der Waals surface area contributed by atoms with Gasteiger partial charge in [-0.25, -0.2) is 4.39 Å². The Kier molecular flexibility index (Phi) is 3.79. The lowest BCUT2D eigenvalue weighted by atomic mass is 10.1. The van der Waals surface area contributed by atoms with Crippen molar-refractivity contribution in [1.82, 2.24) is 5.32 Å². The Morgan fingerprint density at radius 1 is 1.36 bits per heavy atom. The topological polar surface area (TPSA) is 46.2 Å². The Bertz CT molecular complexity index is 321. The molecule has 0 aliphatic carbocycles. The maximum absolute atomic E-state index is 12.5. The number of rotatable bonds is 4. The zero-order valence-corrected chi connectivity index (χ0v) is 7.50. The first-order valence-electron chi connectivity index (χ1n) is 4.20. The third kappa shape index (κ3) is 3.35. The van der Waals surface area contributed by atoms with Crippen LogP contribution in [0.3, 0.4) is 0 Å². The van der Waals surface area contributed by atoms with E-state index in [1.807, 2.05) is 0 Å². The molecule has 3 nitrogen and oxygen atoms in total. The number of aldehydes is 1. The number of hydrogen-bond acceptors (Lipinski definition) is 2. The first kappa shape index (κ1) is 10.4. The average molecular weight is 195 g/mol. The van der Waals surface area contributed by atoms with Gasteiger partial charge < -0.3 is 5.32 Å². The van der Waals surface area contributed by atoms with E-state index in [1.165, 1.54) is 12.1 Å². The Labute approximate surface area is 80.9 Å². The molecule has 1 amide bonds. The maximum atomic E-state index is 12.5. The van der Waals surface area contributed by atoms with E-state index in [1.54, 1.807) is 12.1 Å². The summed E-state index contributed by atoms with van der Waals surface area (Å²) in [6, 6.07) is 6.00. The number of carbonyl (C=O) groups excluding carboxylic acids is 2. The maximum Gasteiger partial charge on any atom is 0.284 e. The second kappa shape index (κ2) is 5.11. The van der Waals surface area contributed by atoms with Gasteiger partial charge in [-0.15, -0.1) is 0 Å². The van der Waals surface area contributed by atoms with Crippen molar-refractivity contribution in [3.63, 3.8) is 0 Å². The van der Waals surface area contributed by atoms with Gasteiger partial charge >= 0.3 is 0 Å². The van der Waals surface area contributed by atoms with Crippen molar-refractivity contribution >= 4 is 12.2 Å². The molecule has 1 aromatic carbocycles. The van der Waals surface area contributed by atoms with E-state index in [0.29, 0.717) is 13.0 Å². The Balaban J connectivity index is 2.35. The summed E-state index contributed by atoms with van der Waals surface area (Å²) in [7, 11) is 0. The largest absolute Gasteiger partial charge is 0.349 e. The van der Waals surface area contributed by atoms with Crippen LogP contribution in [0, 0.1) is 5.82 Å². The molecule has 0 aliphatic rings. The highest BCUT2D eigenvalue weighted by Gasteiger charge is 1.97. The van der Waals surface area contributed by atoms with Crippen LogP contribution >= 0.6 is 0 Å². The second-order valence-corrected chi connectivity index (χ2v) is 2.79. The lowest BCUT2D eigenvalue weighted by molar-refractivity contribution is -0.131. The van der Waals surface area contributed by atoms with Gasteiger partial charge in [-0.05, 0) is 24.1 Å². The standard InChI is InChI=1S/C10H10FNO2/c11-9-3-1-8(2-4-9)5-6-12-10(14)7-13/h1-4,7H,5-6H2,(H,12,14). The molecule has 1 N–H and O–H groups in total. The molecule has 0 saturated heterocycles. The molecule has 74 valence electrons. The Morgan fingerprint density at radius 2 is 2.00 bits per heavy atom. The normalized spacial score (nSPS) is 9.50. The fourth-order valence-electron chi connectivity index (χ4n) is 1.02. The number of carbonyl (C=O) groups is 2. The molecule has 1 rings (SSSR count). The van der Waals surface area contributed by atoms with Crippen LogP contribution in [-0.2, 0) is 16.0 Å². The highest BCUT2D eigenvalue weighted by Crippen LogP contribution is 2.02. The summed E-state index contributed by atoms with van der Waals surface area (Å²) in [4.78, 5) is 20.4. The summed E-state index contributed by atoms with van der Waals surface area (Å²) in [5.41, 5.74) is 0.914. The molecule has 0 unspecified atom stereocenters. The SMILES string of the molecule is O=CC(=O)NCCc1ccc(F)cc1. The van der Waals surface area contributed by atoms with Crippen molar-refractivity contribution < 1.29 is 14.0 Å². The highest BCUT2D eigenvalue weighted by atomic mass is 19.1. The third-order valence-corrected chi connectivity index (χ3v) is 1.73. The summed E-state index contributed by atoms with van der Waals surface area (Å²) in [6.07, 6.45) is 0.810. The van der Waals surface area contributed by atoms with Gasteiger partial charge in [0.1, 0.15) is 5.82 Å². The molecule has 0 aliphatic heterocycles.